The van der Waals surface area contributed by atoms with E-state index in [4.69, 9.17) is 19.7 Å². The van der Waals surface area contributed by atoms with Crippen molar-refractivity contribution in [3.05, 3.63) is 50.9 Å². The number of fused-ring (bicyclic) bond motifs is 2. The standard InChI is InChI=1S/C27H31N9O3/c1-3-4-11-35-22-24(31-26(35)34-12-9-28-10-13-34)32(2)27(38)36(25(22)37)18-21-29-20-8-6-5-7-19(20)23(30-21)33-14-16-39-17-15-33/h5-8,28H,9-18H2,1-2H3. The van der Waals surface area contributed by atoms with Crippen molar-refractivity contribution in [3.63, 3.8) is 0 Å². The number of nitrogens with one attached hydrogen (secondary N) is 1. The van der Waals surface area contributed by atoms with E-state index in [2.05, 4.69) is 27.0 Å². The van der Waals surface area contributed by atoms with Crippen molar-refractivity contribution in [1.82, 2.24) is 34.0 Å². The van der Waals surface area contributed by atoms with Gasteiger partial charge in [0, 0.05) is 51.7 Å². The van der Waals surface area contributed by atoms with Gasteiger partial charge < -0.3 is 19.9 Å². The van der Waals surface area contributed by atoms with E-state index in [1.807, 2.05) is 28.8 Å². The Kier molecular flexibility index (Phi) is 6.76. The van der Waals surface area contributed by atoms with Gasteiger partial charge in [-0.05, 0) is 19.1 Å². The minimum absolute atomic E-state index is 0.0583. The van der Waals surface area contributed by atoms with E-state index in [9.17, 15) is 9.59 Å². The molecule has 2 saturated heterocycles. The van der Waals surface area contributed by atoms with E-state index in [-0.39, 0.29) is 6.54 Å². The third-order valence-corrected chi connectivity index (χ3v) is 7.27. The fourth-order valence-electron chi connectivity index (χ4n) is 5.25. The predicted octanol–water partition coefficient (Wildman–Crippen LogP) is 0.158. The van der Waals surface area contributed by atoms with Crippen molar-refractivity contribution in [3.8, 4) is 11.8 Å². The molecule has 12 heteroatoms. The lowest BCUT2D eigenvalue weighted by Crippen LogP contribution is -2.44. The molecular formula is C27H31N9O3. The van der Waals surface area contributed by atoms with E-state index in [0.717, 1.165) is 42.9 Å². The lowest BCUT2D eigenvalue weighted by atomic mass is 10.2. The van der Waals surface area contributed by atoms with Crippen LogP contribution in [0.5, 0.6) is 0 Å². The Morgan fingerprint density at radius 3 is 2.51 bits per heavy atom. The van der Waals surface area contributed by atoms with Gasteiger partial charge in [-0.3, -0.25) is 18.5 Å². The van der Waals surface area contributed by atoms with Gasteiger partial charge in [0.05, 0.1) is 31.8 Å². The van der Waals surface area contributed by atoms with E-state index in [0.29, 0.717) is 55.8 Å². The minimum atomic E-state index is -0.463. The Morgan fingerprint density at radius 2 is 1.74 bits per heavy atom. The van der Waals surface area contributed by atoms with Crippen LogP contribution in [0.2, 0.25) is 0 Å². The van der Waals surface area contributed by atoms with E-state index >= 15 is 0 Å². The number of para-hydroxylation sites is 1. The number of piperazine rings is 1. The topological polar surface area (TPSA) is 115 Å². The largest absolute Gasteiger partial charge is 0.378 e. The molecule has 12 nitrogen and oxygen atoms in total. The summed E-state index contributed by atoms with van der Waals surface area (Å²) in [4.78, 5) is 46.1. The summed E-state index contributed by atoms with van der Waals surface area (Å²) < 4.78 is 10.00. The van der Waals surface area contributed by atoms with Crippen LogP contribution in [0.1, 0.15) is 12.7 Å². The molecule has 0 aliphatic carbocycles. The Bertz CT molecular complexity index is 1710. The maximum absolute atomic E-state index is 14.0. The van der Waals surface area contributed by atoms with Crippen LogP contribution in [0, 0.1) is 11.8 Å². The van der Waals surface area contributed by atoms with Crippen LogP contribution in [0.4, 0.5) is 11.8 Å². The summed E-state index contributed by atoms with van der Waals surface area (Å²) in [7, 11) is 1.64. The zero-order chi connectivity index (χ0) is 26.9. The number of aromatic nitrogens is 6. The van der Waals surface area contributed by atoms with Gasteiger partial charge in [-0.2, -0.15) is 4.98 Å². The van der Waals surface area contributed by atoms with Crippen molar-refractivity contribution < 1.29 is 4.74 Å². The zero-order valence-electron chi connectivity index (χ0n) is 22.2. The number of rotatable bonds is 5. The van der Waals surface area contributed by atoms with Gasteiger partial charge in [0.2, 0.25) is 5.95 Å². The Hall–Kier alpha value is -4.21. The first kappa shape index (κ1) is 25.1. The SMILES string of the molecule is CC#CCn1c(N2CCNCC2)nc2c1c(=O)n(Cc1nc(N3CCOCC3)c3ccccc3n1)c(=O)n2C. The second-order valence-electron chi connectivity index (χ2n) is 9.65. The molecule has 39 heavy (non-hydrogen) atoms. The molecule has 0 saturated carbocycles. The van der Waals surface area contributed by atoms with Crippen molar-refractivity contribution in [1.29, 1.82) is 0 Å². The third kappa shape index (κ3) is 4.53. The van der Waals surface area contributed by atoms with Crippen LogP contribution in [-0.2, 0) is 24.9 Å². The van der Waals surface area contributed by atoms with E-state index in [1.54, 1.807) is 14.0 Å². The number of hydrogen-bond donors (Lipinski definition) is 1. The number of hydrogen-bond acceptors (Lipinski definition) is 9. The van der Waals surface area contributed by atoms with Gasteiger partial charge in [-0.25, -0.2) is 14.8 Å². The zero-order valence-corrected chi connectivity index (χ0v) is 22.2. The minimum Gasteiger partial charge on any atom is -0.378 e. The smallest absolute Gasteiger partial charge is 0.332 e. The van der Waals surface area contributed by atoms with Crippen LogP contribution in [0.3, 0.4) is 0 Å². The highest BCUT2D eigenvalue weighted by molar-refractivity contribution is 5.89. The Balaban J connectivity index is 1.50. The van der Waals surface area contributed by atoms with Crippen LogP contribution in [-0.4, -0.2) is 81.1 Å². The number of morpholine rings is 1. The monoisotopic (exact) mass is 529 g/mol. The fourth-order valence-corrected chi connectivity index (χ4v) is 5.25. The summed E-state index contributed by atoms with van der Waals surface area (Å²) in [5.41, 5.74) is 0.572. The first-order valence-corrected chi connectivity index (χ1v) is 13.2. The maximum Gasteiger partial charge on any atom is 0.332 e. The van der Waals surface area contributed by atoms with Crippen LogP contribution < -0.4 is 26.4 Å². The van der Waals surface area contributed by atoms with Gasteiger partial charge in [0.25, 0.3) is 5.56 Å². The summed E-state index contributed by atoms with van der Waals surface area (Å²) in [6.07, 6.45) is 0. The first-order chi connectivity index (χ1) is 19.1. The lowest BCUT2D eigenvalue weighted by molar-refractivity contribution is 0.122. The van der Waals surface area contributed by atoms with Crippen LogP contribution >= 0.6 is 0 Å². The molecule has 2 aliphatic rings. The average Bonchev–Trinajstić information content (AvgIpc) is 3.37. The van der Waals surface area contributed by atoms with E-state index in [1.165, 1.54) is 9.13 Å². The molecule has 0 amide bonds. The van der Waals surface area contributed by atoms with Crippen molar-refractivity contribution >= 4 is 33.8 Å². The number of benzene rings is 1. The molecule has 6 rings (SSSR count). The summed E-state index contributed by atoms with van der Waals surface area (Å²) in [5, 5.41) is 4.26. The van der Waals surface area contributed by atoms with Crippen molar-refractivity contribution in [2.75, 3.05) is 62.3 Å². The van der Waals surface area contributed by atoms with Crippen LogP contribution in [0.25, 0.3) is 22.1 Å². The second-order valence-corrected chi connectivity index (χ2v) is 9.65. The highest BCUT2D eigenvalue weighted by Crippen LogP contribution is 2.25. The maximum atomic E-state index is 14.0. The number of imidazole rings is 1. The summed E-state index contributed by atoms with van der Waals surface area (Å²) in [5.74, 6) is 7.82. The normalized spacial score (nSPS) is 16.1. The Morgan fingerprint density at radius 1 is 0.974 bits per heavy atom. The molecule has 2 aliphatic heterocycles. The van der Waals surface area contributed by atoms with Crippen LogP contribution in [0.15, 0.2) is 33.9 Å². The number of anilines is 2. The fraction of sp³-hybridized carbons (Fsp3) is 0.444. The molecule has 0 atom stereocenters. The van der Waals surface area contributed by atoms with Gasteiger partial charge in [-0.1, -0.05) is 18.1 Å². The predicted molar refractivity (Wildman–Crippen MR) is 149 cm³/mol. The highest BCUT2D eigenvalue weighted by atomic mass is 16.5. The molecule has 0 bridgehead atoms. The summed E-state index contributed by atoms with van der Waals surface area (Å²) >= 11 is 0. The first-order valence-electron chi connectivity index (χ1n) is 13.2. The van der Waals surface area contributed by atoms with E-state index < -0.39 is 11.2 Å². The molecule has 0 spiro atoms. The average molecular weight is 530 g/mol. The quantitative estimate of drug-likeness (QED) is 0.361. The number of ether oxygens (including phenoxy) is 1. The third-order valence-electron chi connectivity index (χ3n) is 7.27. The Labute approximate surface area is 224 Å². The molecule has 3 aromatic heterocycles. The molecule has 0 radical (unpaired) electrons. The van der Waals surface area contributed by atoms with Crippen molar-refractivity contribution in [2.45, 2.75) is 20.0 Å². The molecule has 0 unspecified atom stereocenters. The number of aryl methyl sites for hydroxylation is 1. The summed E-state index contributed by atoms with van der Waals surface area (Å²) in [6.45, 7) is 7.79. The molecule has 202 valence electrons. The lowest BCUT2D eigenvalue weighted by Gasteiger charge is -2.29. The molecule has 1 N–H and O–H groups in total. The molecule has 5 heterocycles. The highest BCUT2D eigenvalue weighted by Gasteiger charge is 2.25. The second kappa shape index (κ2) is 10.5. The van der Waals surface area contributed by atoms with Gasteiger partial charge in [0.15, 0.2) is 17.0 Å². The van der Waals surface area contributed by atoms with Crippen molar-refractivity contribution in [2.24, 2.45) is 7.05 Å². The molecule has 4 aromatic rings. The molecule has 2 fully saturated rings. The summed E-state index contributed by atoms with van der Waals surface area (Å²) in [6, 6.07) is 7.79. The number of nitrogens with zero attached hydrogens (tertiary/aromatic N) is 8. The molecule has 1 aromatic carbocycles. The van der Waals surface area contributed by atoms with Gasteiger partial charge >= 0.3 is 5.69 Å². The van der Waals surface area contributed by atoms with Gasteiger partial charge in [-0.15, -0.1) is 5.92 Å². The molecular weight excluding hydrogens is 498 g/mol. The van der Waals surface area contributed by atoms with Gasteiger partial charge in [0.1, 0.15) is 5.82 Å².